The van der Waals surface area contributed by atoms with Gasteiger partial charge < -0.3 is 15.3 Å². The Bertz CT molecular complexity index is 546. The highest BCUT2D eigenvalue weighted by atomic mass is 32.1. The topological polar surface area (TPSA) is 59.9 Å². The molecule has 3 N–H and O–H groups in total. The Hall–Kier alpha value is -1.66. The van der Waals surface area contributed by atoms with Gasteiger partial charge in [0.25, 0.3) is 0 Å². The number of likely N-dealkylation sites (N-methyl/N-ethyl adjacent to an activating group) is 1. The van der Waals surface area contributed by atoms with Crippen LogP contribution in [0, 0.1) is 5.92 Å². The molecule has 5 nitrogen and oxygen atoms in total. The maximum Gasteiger partial charge on any atom is 0.187 e. The number of nitrogens with zero attached hydrogens (tertiary/aromatic N) is 2. The molecule has 1 fully saturated rings. The summed E-state index contributed by atoms with van der Waals surface area (Å²) in [6.45, 7) is 3.04. The number of benzene rings is 1. The van der Waals surface area contributed by atoms with Crippen molar-refractivity contribution in [1.29, 1.82) is 0 Å². The van der Waals surface area contributed by atoms with Crippen LogP contribution in [0.3, 0.4) is 0 Å². The van der Waals surface area contributed by atoms with Gasteiger partial charge in [-0.25, -0.2) is 0 Å². The number of anilines is 1. The first-order chi connectivity index (χ1) is 11.6. The Balaban J connectivity index is 1.79. The van der Waals surface area contributed by atoms with Crippen LogP contribution in [0.4, 0.5) is 5.69 Å². The number of rotatable bonds is 6. The monoisotopic (exact) mass is 348 g/mol. The summed E-state index contributed by atoms with van der Waals surface area (Å²) >= 11 is 5.32. The van der Waals surface area contributed by atoms with Crippen molar-refractivity contribution in [1.82, 2.24) is 10.7 Å². The van der Waals surface area contributed by atoms with Crippen LogP contribution in [0.5, 0.6) is 0 Å². The molecule has 1 aliphatic carbocycles. The van der Waals surface area contributed by atoms with Gasteiger partial charge in [-0.05, 0) is 48.7 Å². The van der Waals surface area contributed by atoms with Crippen molar-refractivity contribution in [3.63, 3.8) is 0 Å². The zero-order chi connectivity index (χ0) is 17.4. The van der Waals surface area contributed by atoms with Crippen molar-refractivity contribution in [2.45, 2.75) is 38.6 Å². The lowest BCUT2D eigenvalue weighted by molar-refractivity contribution is 0.304. The fraction of sp³-hybridized carbons (Fsp3) is 0.556. The molecule has 0 spiro atoms. The van der Waals surface area contributed by atoms with E-state index in [2.05, 4.69) is 22.8 Å². The van der Waals surface area contributed by atoms with Gasteiger partial charge in [0.1, 0.15) is 0 Å². The van der Waals surface area contributed by atoms with Crippen molar-refractivity contribution in [3.05, 3.63) is 29.8 Å². The van der Waals surface area contributed by atoms with Crippen LogP contribution in [-0.4, -0.2) is 42.7 Å². The Kier molecular flexibility index (Phi) is 7.46. The maximum atomic E-state index is 8.97. The Morgan fingerprint density at radius 2 is 2.04 bits per heavy atom. The summed E-state index contributed by atoms with van der Waals surface area (Å²) in [5, 5.41) is 17.1. The lowest BCUT2D eigenvalue weighted by Gasteiger charge is -2.30. The fourth-order valence-electron chi connectivity index (χ4n) is 2.99. The van der Waals surface area contributed by atoms with Gasteiger partial charge in [-0.2, -0.15) is 5.10 Å². The van der Waals surface area contributed by atoms with E-state index in [-0.39, 0.29) is 6.61 Å². The molecule has 0 heterocycles. The second-order valence-electron chi connectivity index (χ2n) is 6.45. The molecule has 6 heteroatoms. The first-order valence-electron chi connectivity index (χ1n) is 8.62. The molecule has 132 valence electrons. The van der Waals surface area contributed by atoms with Gasteiger partial charge in [0.15, 0.2) is 5.11 Å². The standard InChI is InChI=1S/C18H28N4OS/c1-14-5-3-4-6-17(14)20-18(24)21-19-13-15-7-9-16(10-8-15)22(2)11-12-23/h7-10,13-14,17,23H,3-6,11-12H2,1-2H3,(H2,20,21,24)/b19-13-/t14-,17-/m1/s1. The number of nitrogens with one attached hydrogen (secondary N) is 2. The number of aliphatic hydroxyl groups is 1. The summed E-state index contributed by atoms with van der Waals surface area (Å²) < 4.78 is 0. The van der Waals surface area contributed by atoms with Gasteiger partial charge in [0.05, 0.1) is 12.8 Å². The van der Waals surface area contributed by atoms with Gasteiger partial charge in [-0.1, -0.05) is 31.9 Å². The summed E-state index contributed by atoms with van der Waals surface area (Å²) in [6.07, 6.45) is 6.79. The third-order valence-corrected chi connectivity index (χ3v) is 4.79. The third kappa shape index (κ3) is 5.76. The van der Waals surface area contributed by atoms with E-state index in [1.54, 1.807) is 6.21 Å². The van der Waals surface area contributed by atoms with Crippen molar-refractivity contribution in [3.8, 4) is 0 Å². The molecule has 0 aromatic heterocycles. The van der Waals surface area contributed by atoms with E-state index >= 15 is 0 Å². The van der Waals surface area contributed by atoms with Crippen molar-refractivity contribution < 1.29 is 5.11 Å². The van der Waals surface area contributed by atoms with Crippen LogP contribution in [0.2, 0.25) is 0 Å². The molecule has 2 rings (SSSR count). The van der Waals surface area contributed by atoms with Crippen LogP contribution in [0.15, 0.2) is 29.4 Å². The van der Waals surface area contributed by atoms with E-state index in [1.165, 1.54) is 25.7 Å². The fourth-order valence-corrected chi connectivity index (χ4v) is 3.19. The molecular formula is C18H28N4OS. The first-order valence-corrected chi connectivity index (χ1v) is 9.02. The van der Waals surface area contributed by atoms with E-state index in [0.29, 0.717) is 23.6 Å². The molecule has 24 heavy (non-hydrogen) atoms. The Morgan fingerprint density at radius 3 is 2.71 bits per heavy atom. The number of hydrogen-bond donors (Lipinski definition) is 3. The van der Waals surface area contributed by atoms with Crippen molar-refractivity contribution in [2.75, 3.05) is 25.1 Å². The highest BCUT2D eigenvalue weighted by Gasteiger charge is 2.21. The Morgan fingerprint density at radius 1 is 1.33 bits per heavy atom. The normalized spacial score (nSPS) is 20.8. The second-order valence-corrected chi connectivity index (χ2v) is 6.86. The molecule has 0 bridgehead atoms. The summed E-state index contributed by atoms with van der Waals surface area (Å²) in [4.78, 5) is 2.00. The molecule has 2 atom stereocenters. The zero-order valence-corrected chi connectivity index (χ0v) is 15.4. The van der Waals surface area contributed by atoms with Crippen LogP contribution in [-0.2, 0) is 0 Å². The van der Waals surface area contributed by atoms with Gasteiger partial charge in [-0.15, -0.1) is 0 Å². The number of hydrogen-bond acceptors (Lipinski definition) is 4. The lowest BCUT2D eigenvalue weighted by atomic mass is 9.86. The molecular weight excluding hydrogens is 320 g/mol. The third-order valence-electron chi connectivity index (χ3n) is 4.58. The Labute approximate surface area is 150 Å². The minimum atomic E-state index is 0.147. The number of aliphatic hydroxyl groups excluding tert-OH is 1. The predicted octanol–water partition coefficient (Wildman–Crippen LogP) is 2.49. The molecule has 1 aromatic rings. The first kappa shape index (κ1) is 18.7. The van der Waals surface area contributed by atoms with Gasteiger partial charge in [0.2, 0.25) is 0 Å². The predicted molar refractivity (Wildman–Crippen MR) is 105 cm³/mol. The molecule has 0 aliphatic heterocycles. The minimum absolute atomic E-state index is 0.147. The van der Waals surface area contributed by atoms with Gasteiger partial charge in [0, 0.05) is 25.3 Å². The molecule has 0 unspecified atom stereocenters. The van der Waals surface area contributed by atoms with Crippen LogP contribution in [0.25, 0.3) is 0 Å². The van der Waals surface area contributed by atoms with Gasteiger partial charge in [-0.3, -0.25) is 5.43 Å². The largest absolute Gasteiger partial charge is 0.395 e. The summed E-state index contributed by atoms with van der Waals surface area (Å²) in [7, 11) is 1.96. The molecule has 1 aromatic carbocycles. The summed E-state index contributed by atoms with van der Waals surface area (Å²) in [5.74, 6) is 0.658. The highest BCUT2D eigenvalue weighted by Crippen LogP contribution is 2.23. The molecule has 0 radical (unpaired) electrons. The SMILES string of the molecule is C[C@@H]1CCCC[C@H]1NC(=S)N/N=C\c1ccc(N(C)CCO)cc1. The van der Waals surface area contributed by atoms with Crippen molar-refractivity contribution >= 4 is 29.2 Å². The molecule has 0 saturated heterocycles. The van der Waals surface area contributed by atoms with Crippen LogP contribution in [0.1, 0.15) is 38.2 Å². The van der Waals surface area contributed by atoms with E-state index in [9.17, 15) is 0 Å². The molecule has 1 saturated carbocycles. The highest BCUT2D eigenvalue weighted by molar-refractivity contribution is 7.80. The average molecular weight is 349 g/mol. The van der Waals surface area contributed by atoms with Gasteiger partial charge >= 0.3 is 0 Å². The molecule has 1 aliphatic rings. The minimum Gasteiger partial charge on any atom is -0.395 e. The van der Waals surface area contributed by atoms with Crippen molar-refractivity contribution in [2.24, 2.45) is 11.0 Å². The quantitative estimate of drug-likeness (QED) is 0.419. The summed E-state index contributed by atoms with van der Waals surface area (Å²) in [6, 6.07) is 8.46. The zero-order valence-electron chi connectivity index (χ0n) is 14.5. The smallest absolute Gasteiger partial charge is 0.187 e. The lowest BCUT2D eigenvalue weighted by Crippen LogP contribution is -2.44. The molecule has 0 amide bonds. The summed E-state index contributed by atoms with van der Waals surface area (Å²) in [5.41, 5.74) is 4.97. The number of hydrazone groups is 1. The van der Waals surface area contributed by atoms with E-state index in [0.717, 1.165) is 11.3 Å². The van der Waals surface area contributed by atoms with Crippen LogP contribution >= 0.6 is 12.2 Å². The second kappa shape index (κ2) is 9.59. The van der Waals surface area contributed by atoms with E-state index < -0.39 is 0 Å². The number of thiocarbonyl (C=S) groups is 1. The van der Waals surface area contributed by atoms with Crippen LogP contribution < -0.4 is 15.6 Å². The average Bonchev–Trinajstić information content (AvgIpc) is 2.58. The van der Waals surface area contributed by atoms with E-state index in [4.69, 9.17) is 17.3 Å². The maximum absolute atomic E-state index is 8.97. The van der Waals surface area contributed by atoms with E-state index in [1.807, 2.05) is 36.2 Å².